The molecule has 21 heavy (non-hydrogen) atoms. The van der Waals surface area contributed by atoms with Crippen LogP contribution in [0.15, 0.2) is 5.38 Å². The average molecular weight is 354 g/mol. The lowest BCUT2D eigenvalue weighted by Crippen LogP contribution is -2.45. The van der Waals surface area contributed by atoms with Crippen LogP contribution in [-0.2, 0) is 12.0 Å². The topological polar surface area (TPSA) is 42.2 Å². The van der Waals surface area contributed by atoms with Gasteiger partial charge in [-0.3, -0.25) is 4.90 Å². The Hall–Kier alpha value is 0.130. The van der Waals surface area contributed by atoms with E-state index < -0.39 is 0 Å². The van der Waals surface area contributed by atoms with Crippen LogP contribution in [0.5, 0.6) is 0 Å². The Kier molecular flexibility index (Phi) is 8.74. The molecule has 0 bridgehead atoms. The van der Waals surface area contributed by atoms with Gasteiger partial charge < -0.3 is 5.73 Å². The molecule has 2 heterocycles. The molecule has 1 aliphatic rings. The first-order valence-electron chi connectivity index (χ1n) is 7.29. The summed E-state index contributed by atoms with van der Waals surface area (Å²) in [6.07, 6.45) is 2.52. The highest BCUT2D eigenvalue weighted by molar-refractivity contribution is 7.09. The predicted molar refractivity (Wildman–Crippen MR) is 97.0 cm³/mol. The zero-order valence-electron chi connectivity index (χ0n) is 13.5. The molecule has 1 saturated heterocycles. The van der Waals surface area contributed by atoms with E-state index >= 15 is 0 Å². The predicted octanol–water partition coefficient (Wildman–Crippen LogP) is 3.84. The number of piperidine rings is 1. The molecule has 1 aromatic heterocycles. The van der Waals surface area contributed by atoms with E-state index in [9.17, 15) is 0 Å². The number of nitrogens with two attached hydrogens (primary N) is 1. The first kappa shape index (κ1) is 21.1. The Labute approximate surface area is 145 Å². The van der Waals surface area contributed by atoms with E-state index in [4.69, 9.17) is 10.7 Å². The van der Waals surface area contributed by atoms with Crippen molar-refractivity contribution in [3.63, 3.8) is 0 Å². The summed E-state index contributed by atoms with van der Waals surface area (Å²) >= 11 is 1.79. The number of halogens is 2. The molecular formula is C15H29Cl2N3S. The first-order valence-corrected chi connectivity index (χ1v) is 8.17. The molecule has 0 amide bonds. The second-order valence-electron chi connectivity index (χ2n) is 6.87. The number of rotatable bonds is 3. The van der Waals surface area contributed by atoms with Crippen LogP contribution in [0.2, 0.25) is 0 Å². The van der Waals surface area contributed by atoms with Crippen LogP contribution in [0.1, 0.15) is 51.2 Å². The van der Waals surface area contributed by atoms with Crippen molar-refractivity contribution in [1.29, 1.82) is 0 Å². The zero-order valence-corrected chi connectivity index (χ0v) is 15.9. The molecule has 0 radical (unpaired) electrons. The van der Waals surface area contributed by atoms with Gasteiger partial charge in [-0.1, -0.05) is 27.7 Å². The summed E-state index contributed by atoms with van der Waals surface area (Å²) in [5, 5.41) is 3.44. The molecule has 0 spiro atoms. The highest BCUT2D eigenvalue weighted by Crippen LogP contribution is 2.27. The summed E-state index contributed by atoms with van der Waals surface area (Å²) in [4.78, 5) is 7.32. The number of hydrogen-bond acceptors (Lipinski definition) is 4. The fourth-order valence-corrected chi connectivity index (χ4v) is 3.70. The molecule has 1 fully saturated rings. The van der Waals surface area contributed by atoms with Gasteiger partial charge in [0.25, 0.3) is 0 Å². The minimum absolute atomic E-state index is 0. The number of likely N-dealkylation sites (tertiary alicyclic amines) is 1. The Morgan fingerprint density at radius 2 is 2.05 bits per heavy atom. The lowest BCUT2D eigenvalue weighted by atomic mass is 9.92. The highest BCUT2D eigenvalue weighted by Gasteiger charge is 2.26. The van der Waals surface area contributed by atoms with Crippen LogP contribution in [0.25, 0.3) is 0 Å². The average Bonchev–Trinajstić information content (AvgIpc) is 2.79. The molecule has 3 nitrogen and oxygen atoms in total. The molecule has 0 aliphatic carbocycles. The fraction of sp³-hybridized carbons (Fsp3) is 0.800. The van der Waals surface area contributed by atoms with Gasteiger partial charge in [0.15, 0.2) is 0 Å². The summed E-state index contributed by atoms with van der Waals surface area (Å²) in [5.74, 6) is 0.811. The van der Waals surface area contributed by atoms with Crippen molar-refractivity contribution in [2.45, 2.75) is 58.5 Å². The second kappa shape index (κ2) is 8.68. The molecule has 2 N–H and O–H groups in total. The van der Waals surface area contributed by atoms with E-state index in [2.05, 4.69) is 38.0 Å². The molecule has 1 aromatic rings. The van der Waals surface area contributed by atoms with Gasteiger partial charge in [-0.2, -0.15) is 0 Å². The van der Waals surface area contributed by atoms with Gasteiger partial charge in [0, 0.05) is 23.4 Å². The van der Waals surface area contributed by atoms with Gasteiger partial charge in [-0.25, -0.2) is 4.98 Å². The standard InChI is InChI=1S/C15H27N3S.2ClH/c1-11-5-6-18(12(7-11)8-16)9-14-17-13(10-19-14)15(2,3)4;;/h10-12H,5-9,16H2,1-4H3;2*1H. The smallest absolute Gasteiger partial charge is 0.107 e. The third-order valence-electron chi connectivity index (χ3n) is 4.03. The van der Waals surface area contributed by atoms with Crippen molar-refractivity contribution in [3.8, 4) is 0 Å². The van der Waals surface area contributed by atoms with E-state index in [1.807, 2.05) is 0 Å². The fourth-order valence-electron chi connectivity index (χ4n) is 2.66. The molecule has 0 saturated carbocycles. The van der Waals surface area contributed by atoms with Gasteiger partial charge >= 0.3 is 0 Å². The molecule has 2 atom stereocenters. The van der Waals surface area contributed by atoms with Crippen molar-refractivity contribution in [3.05, 3.63) is 16.1 Å². The third kappa shape index (κ3) is 5.68. The van der Waals surface area contributed by atoms with Crippen molar-refractivity contribution in [2.24, 2.45) is 11.7 Å². The van der Waals surface area contributed by atoms with E-state index in [0.717, 1.165) is 25.6 Å². The second-order valence-corrected chi connectivity index (χ2v) is 7.81. The zero-order chi connectivity index (χ0) is 14.0. The Balaban J connectivity index is 0.00000200. The maximum Gasteiger partial charge on any atom is 0.107 e. The molecule has 6 heteroatoms. The van der Waals surface area contributed by atoms with E-state index in [1.165, 1.54) is 23.5 Å². The van der Waals surface area contributed by atoms with Crippen molar-refractivity contribution < 1.29 is 0 Å². The maximum absolute atomic E-state index is 5.93. The minimum Gasteiger partial charge on any atom is -0.329 e. The summed E-state index contributed by atoms with van der Waals surface area (Å²) in [7, 11) is 0. The molecule has 0 aromatic carbocycles. The molecule has 1 aliphatic heterocycles. The lowest BCUT2D eigenvalue weighted by Gasteiger charge is -2.37. The maximum atomic E-state index is 5.93. The summed E-state index contributed by atoms with van der Waals surface area (Å²) in [6, 6.07) is 0.533. The molecule has 2 rings (SSSR count). The van der Waals surface area contributed by atoms with Crippen molar-refractivity contribution in [1.82, 2.24) is 9.88 Å². The summed E-state index contributed by atoms with van der Waals surface area (Å²) < 4.78 is 0. The van der Waals surface area contributed by atoms with E-state index in [0.29, 0.717) is 6.04 Å². The van der Waals surface area contributed by atoms with Crippen LogP contribution in [0.4, 0.5) is 0 Å². The molecule has 124 valence electrons. The largest absolute Gasteiger partial charge is 0.329 e. The van der Waals surface area contributed by atoms with Crippen LogP contribution in [0.3, 0.4) is 0 Å². The van der Waals surface area contributed by atoms with Crippen LogP contribution in [-0.4, -0.2) is 29.0 Å². The van der Waals surface area contributed by atoms with Crippen LogP contribution < -0.4 is 5.73 Å². The Bertz CT molecular complexity index is 417. The minimum atomic E-state index is 0. The van der Waals surface area contributed by atoms with Crippen molar-refractivity contribution in [2.75, 3.05) is 13.1 Å². The lowest BCUT2D eigenvalue weighted by molar-refractivity contribution is 0.115. The first-order chi connectivity index (χ1) is 8.90. The summed E-state index contributed by atoms with van der Waals surface area (Å²) in [5.41, 5.74) is 7.29. The van der Waals surface area contributed by atoms with E-state index in [-0.39, 0.29) is 30.2 Å². The number of aromatic nitrogens is 1. The Morgan fingerprint density at radius 3 is 2.57 bits per heavy atom. The normalized spacial score (nSPS) is 23.3. The summed E-state index contributed by atoms with van der Waals surface area (Å²) in [6.45, 7) is 11.9. The molecule has 2 unspecified atom stereocenters. The third-order valence-corrected chi connectivity index (χ3v) is 4.86. The van der Waals surface area contributed by atoms with Crippen LogP contribution in [0, 0.1) is 5.92 Å². The Morgan fingerprint density at radius 1 is 1.38 bits per heavy atom. The highest BCUT2D eigenvalue weighted by atomic mass is 35.5. The number of nitrogens with zero attached hydrogens (tertiary/aromatic N) is 2. The van der Waals surface area contributed by atoms with Gasteiger partial charge in [-0.05, 0) is 25.3 Å². The monoisotopic (exact) mass is 353 g/mol. The van der Waals surface area contributed by atoms with Gasteiger partial charge in [0.1, 0.15) is 5.01 Å². The van der Waals surface area contributed by atoms with E-state index in [1.54, 1.807) is 11.3 Å². The van der Waals surface area contributed by atoms with Gasteiger partial charge in [-0.15, -0.1) is 36.2 Å². The number of thiazole rings is 1. The van der Waals surface area contributed by atoms with Gasteiger partial charge in [0.05, 0.1) is 12.2 Å². The number of hydrogen-bond donors (Lipinski definition) is 1. The van der Waals surface area contributed by atoms with Crippen LogP contribution >= 0.6 is 36.2 Å². The molecular weight excluding hydrogens is 325 g/mol. The van der Waals surface area contributed by atoms with Crippen molar-refractivity contribution >= 4 is 36.2 Å². The quantitative estimate of drug-likeness (QED) is 0.897. The van der Waals surface area contributed by atoms with Gasteiger partial charge in [0.2, 0.25) is 0 Å². The SMILES string of the molecule is CC1CCN(Cc2nc(C(C)(C)C)cs2)C(CN)C1.Cl.Cl.